The molecule has 0 fully saturated rings. The highest BCUT2D eigenvalue weighted by Gasteiger charge is 2.11. The van der Waals surface area contributed by atoms with Crippen LogP contribution >= 0.6 is 0 Å². The molecule has 1 rings (SSSR count). The van der Waals surface area contributed by atoms with Gasteiger partial charge in [0.05, 0.1) is 6.20 Å². The Morgan fingerprint density at radius 3 is 3.07 bits per heavy atom. The molecule has 0 radical (unpaired) electrons. The van der Waals surface area contributed by atoms with Crippen molar-refractivity contribution < 1.29 is 4.79 Å². The molecule has 1 aromatic rings. The Hall–Kier alpha value is -2.42. The minimum atomic E-state index is -0.696. The van der Waals surface area contributed by atoms with E-state index in [2.05, 4.69) is 21.9 Å². The summed E-state index contributed by atoms with van der Waals surface area (Å²) >= 11 is 0. The molecule has 6 nitrogen and oxygen atoms in total. The van der Waals surface area contributed by atoms with Crippen molar-refractivity contribution in [1.82, 2.24) is 9.97 Å². The van der Waals surface area contributed by atoms with Gasteiger partial charge in [-0.1, -0.05) is 6.08 Å². The first kappa shape index (κ1) is 10.7. The van der Waals surface area contributed by atoms with Crippen LogP contribution in [0.5, 0.6) is 0 Å². The molecule has 0 aliphatic carbocycles. The third-order valence-electron chi connectivity index (χ3n) is 1.53. The van der Waals surface area contributed by atoms with E-state index in [1.807, 2.05) is 6.07 Å². The largest absolute Gasteiger partial charge is 0.365 e. The van der Waals surface area contributed by atoms with Crippen LogP contribution in [0.4, 0.5) is 5.82 Å². The molecule has 0 aliphatic heterocycles. The number of amides is 1. The van der Waals surface area contributed by atoms with Gasteiger partial charge in [0.25, 0.3) is 5.91 Å². The summed E-state index contributed by atoms with van der Waals surface area (Å²) in [5.41, 5.74) is 5.21. The van der Waals surface area contributed by atoms with Crippen LogP contribution in [0.25, 0.3) is 0 Å². The van der Waals surface area contributed by atoms with Crippen LogP contribution in [0.1, 0.15) is 16.2 Å². The fourth-order valence-corrected chi connectivity index (χ4v) is 0.915. The van der Waals surface area contributed by atoms with Gasteiger partial charge in [-0.05, 0) is 0 Å². The van der Waals surface area contributed by atoms with Crippen LogP contribution in [0.3, 0.4) is 0 Å². The number of nitriles is 1. The number of nitrogens with two attached hydrogens (primary N) is 1. The molecule has 1 amide bonds. The van der Waals surface area contributed by atoms with Crippen molar-refractivity contribution in [2.75, 3.05) is 11.9 Å². The van der Waals surface area contributed by atoms with E-state index in [4.69, 9.17) is 11.0 Å². The first-order valence-corrected chi connectivity index (χ1v) is 4.10. The standard InChI is InChI=1S/C9H9N5O/c1-2-3-12-9-7(8(11)15)13-5-6(4-10)14-9/h2,5H,1,3H2,(H2,11,15)(H,12,14). The highest BCUT2D eigenvalue weighted by atomic mass is 16.1. The Balaban J connectivity index is 3.11. The third-order valence-corrected chi connectivity index (χ3v) is 1.53. The molecule has 76 valence electrons. The van der Waals surface area contributed by atoms with E-state index in [9.17, 15) is 4.79 Å². The molecule has 0 spiro atoms. The van der Waals surface area contributed by atoms with Crippen molar-refractivity contribution in [1.29, 1.82) is 5.26 Å². The van der Waals surface area contributed by atoms with Crippen LogP contribution in [0.15, 0.2) is 18.9 Å². The lowest BCUT2D eigenvalue weighted by Gasteiger charge is -2.05. The van der Waals surface area contributed by atoms with Gasteiger partial charge in [-0.3, -0.25) is 4.79 Å². The zero-order chi connectivity index (χ0) is 11.3. The number of hydrogen-bond acceptors (Lipinski definition) is 5. The number of nitrogens with zero attached hydrogens (tertiary/aromatic N) is 3. The van der Waals surface area contributed by atoms with Gasteiger partial charge in [0.2, 0.25) is 0 Å². The van der Waals surface area contributed by atoms with E-state index < -0.39 is 5.91 Å². The van der Waals surface area contributed by atoms with Crippen molar-refractivity contribution in [3.05, 3.63) is 30.2 Å². The summed E-state index contributed by atoms with van der Waals surface area (Å²) in [5.74, 6) is -0.500. The molecule has 3 N–H and O–H groups in total. The second-order valence-corrected chi connectivity index (χ2v) is 2.60. The topological polar surface area (TPSA) is 105 Å². The molecule has 0 atom stereocenters. The molecule has 0 aromatic carbocycles. The zero-order valence-electron chi connectivity index (χ0n) is 7.90. The second kappa shape index (κ2) is 4.72. The molecule has 0 saturated carbocycles. The predicted molar refractivity (Wildman–Crippen MR) is 54.0 cm³/mol. The summed E-state index contributed by atoms with van der Waals surface area (Å²) < 4.78 is 0. The number of anilines is 1. The molecule has 0 aliphatic rings. The smallest absolute Gasteiger partial charge is 0.271 e. The summed E-state index contributed by atoms with van der Waals surface area (Å²) in [5, 5.41) is 11.4. The maximum Gasteiger partial charge on any atom is 0.271 e. The van der Waals surface area contributed by atoms with Gasteiger partial charge in [-0.15, -0.1) is 6.58 Å². The highest BCUT2D eigenvalue weighted by molar-refractivity contribution is 5.95. The number of carbonyl (C=O) groups excluding carboxylic acids is 1. The predicted octanol–water partition coefficient (Wildman–Crippen LogP) is 0.0451. The number of primary amides is 1. The Morgan fingerprint density at radius 1 is 1.80 bits per heavy atom. The van der Waals surface area contributed by atoms with E-state index in [-0.39, 0.29) is 17.2 Å². The number of aromatic nitrogens is 2. The monoisotopic (exact) mass is 203 g/mol. The van der Waals surface area contributed by atoms with Crippen molar-refractivity contribution in [2.45, 2.75) is 0 Å². The average Bonchev–Trinajstić information content (AvgIpc) is 2.25. The molecular formula is C9H9N5O. The maximum atomic E-state index is 11.0. The molecule has 1 aromatic heterocycles. The number of carbonyl (C=O) groups is 1. The average molecular weight is 203 g/mol. The maximum absolute atomic E-state index is 11.0. The van der Waals surface area contributed by atoms with Crippen LogP contribution in [0, 0.1) is 11.3 Å². The Bertz CT molecular complexity index is 435. The van der Waals surface area contributed by atoms with E-state index in [1.165, 1.54) is 6.20 Å². The van der Waals surface area contributed by atoms with E-state index in [0.29, 0.717) is 6.54 Å². The number of nitrogens with one attached hydrogen (secondary N) is 1. The Labute approximate surface area is 86.4 Å². The van der Waals surface area contributed by atoms with Crippen molar-refractivity contribution >= 4 is 11.7 Å². The number of hydrogen-bond donors (Lipinski definition) is 2. The van der Waals surface area contributed by atoms with Crippen LogP contribution in [0.2, 0.25) is 0 Å². The van der Waals surface area contributed by atoms with Gasteiger partial charge in [0.1, 0.15) is 6.07 Å². The summed E-state index contributed by atoms with van der Waals surface area (Å²) in [6, 6.07) is 1.82. The van der Waals surface area contributed by atoms with Crippen LogP contribution in [-0.4, -0.2) is 22.4 Å². The van der Waals surface area contributed by atoms with E-state index in [1.54, 1.807) is 6.08 Å². The fraction of sp³-hybridized carbons (Fsp3) is 0.111. The Kier molecular flexibility index (Phi) is 3.35. The summed E-state index contributed by atoms with van der Waals surface area (Å²) in [4.78, 5) is 18.6. The van der Waals surface area contributed by atoms with Crippen molar-refractivity contribution in [2.24, 2.45) is 5.73 Å². The summed E-state index contributed by atoms with van der Waals surface area (Å²) in [6.45, 7) is 3.91. The second-order valence-electron chi connectivity index (χ2n) is 2.60. The minimum absolute atomic E-state index is 0.0100. The minimum Gasteiger partial charge on any atom is -0.365 e. The molecule has 0 bridgehead atoms. The lowest BCUT2D eigenvalue weighted by atomic mass is 10.3. The summed E-state index contributed by atoms with van der Waals surface area (Å²) in [6.07, 6.45) is 2.78. The molecule has 6 heteroatoms. The molecule has 0 unspecified atom stereocenters. The third kappa shape index (κ3) is 2.51. The molecule has 15 heavy (non-hydrogen) atoms. The SMILES string of the molecule is C=CCNc1nc(C#N)cnc1C(N)=O. The lowest BCUT2D eigenvalue weighted by molar-refractivity contribution is 0.0996. The molecular weight excluding hydrogens is 194 g/mol. The van der Waals surface area contributed by atoms with Crippen molar-refractivity contribution in [3.63, 3.8) is 0 Å². The zero-order valence-corrected chi connectivity index (χ0v) is 7.90. The van der Waals surface area contributed by atoms with Gasteiger partial charge in [-0.25, -0.2) is 9.97 Å². The van der Waals surface area contributed by atoms with Gasteiger partial charge in [0.15, 0.2) is 17.2 Å². The van der Waals surface area contributed by atoms with Crippen LogP contribution in [-0.2, 0) is 0 Å². The first-order valence-electron chi connectivity index (χ1n) is 4.10. The van der Waals surface area contributed by atoms with Gasteiger partial charge >= 0.3 is 0 Å². The van der Waals surface area contributed by atoms with Crippen molar-refractivity contribution in [3.8, 4) is 6.07 Å². The van der Waals surface area contributed by atoms with Gasteiger partial charge in [0, 0.05) is 6.54 Å². The van der Waals surface area contributed by atoms with E-state index >= 15 is 0 Å². The number of rotatable bonds is 4. The normalized spacial score (nSPS) is 9.00. The first-order chi connectivity index (χ1) is 7.19. The van der Waals surface area contributed by atoms with Gasteiger partial charge in [-0.2, -0.15) is 5.26 Å². The Morgan fingerprint density at radius 2 is 2.53 bits per heavy atom. The lowest BCUT2D eigenvalue weighted by Crippen LogP contribution is -2.18. The molecule has 0 saturated heterocycles. The molecule has 1 heterocycles. The fourth-order valence-electron chi connectivity index (χ4n) is 0.915. The van der Waals surface area contributed by atoms with Crippen LogP contribution < -0.4 is 11.1 Å². The highest BCUT2D eigenvalue weighted by Crippen LogP contribution is 2.08. The van der Waals surface area contributed by atoms with E-state index in [0.717, 1.165) is 0 Å². The van der Waals surface area contributed by atoms with Gasteiger partial charge < -0.3 is 11.1 Å². The quantitative estimate of drug-likeness (QED) is 0.672. The summed E-state index contributed by atoms with van der Waals surface area (Å²) in [7, 11) is 0.